The van der Waals surface area contributed by atoms with Crippen LogP contribution in [0.2, 0.25) is 0 Å². The smallest absolute Gasteiger partial charge is 0.279 e. The maximum atomic E-state index is 11.9. The van der Waals surface area contributed by atoms with Crippen LogP contribution in [0.1, 0.15) is 36.8 Å². The normalized spacial score (nSPS) is 12.5. The Balaban J connectivity index is 0.000000281. The molecule has 1 aliphatic rings. The van der Waals surface area contributed by atoms with E-state index in [0.717, 1.165) is 25.0 Å². The number of Topliss-reactive ketones (excluding diaryl/α,β-unsaturated/α-hetero) is 1. The van der Waals surface area contributed by atoms with Crippen molar-refractivity contribution in [1.29, 1.82) is 0 Å². The number of benzene rings is 2. The van der Waals surface area contributed by atoms with E-state index in [1.54, 1.807) is 0 Å². The lowest BCUT2D eigenvalue weighted by Gasteiger charge is -2.08. The van der Waals surface area contributed by atoms with Gasteiger partial charge in [0.25, 0.3) is 22.7 Å². The van der Waals surface area contributed by atoms with Gasteiger partial charge in [-0.3, -0.25) is 45.3 Å². The number of allylic oxidation sites excluding steroid dienone is 2. The fourth-order valence-corrected chi connectivity index (χ4v) is 3.79. The van der Waals surface area contributed by atoms with Gasteiger partial charge in [0.05, 0.1) is 31.8 Å². The third-order valence-corrected chi connectivity index (χ3v) is 5.70. The summed E-state index contributed by atoms with van der Waals surface area (Å²) in [7, 11) is 0. The molecular weight excluding hydrogens is 490 g/mol. The van der Waals surface area contributed by atoms with Crippen LogP contribution < -0.4 is 5.73 Å². The van der Waals surface area contributed by atoms with Crippen molar-refractivity contribution >= 4 is 28.5 Å². The largest absolute Gasteiger partial charge is 0.330 e. The van der Waals surface area contributed by atoms with E-state index in [0.29, 0.717) is 36.8 Å². The molecule has 0 atom stereocenters. The summed E-state index contributed by atoms with van der Waals surface area (Å²) in [4.78, 5) is 52.0. The van der Waals surface area contributed by atoms with Gasteiger partial charge in [0.15, 0.2) is 0 Å². The van der Waals surface area contributed by atoms with Gasteiger partial charge < -0.3 is 5.73 Å². The second-order valence-corrected chi connectivity index (χ2v) is 8.15. The summed E-state index contributed by atoms with van der Waals surface area (Å²) >= 11 is 0. The van der Waals surface area contributed by atoms with Crippen LogP contribution in [0.25, 0.3) is 0 Å². The zero-order valence-electron chi connectivity index (χ0n) is 19.7. The van der Waals surface area contributed by atoms with Gasteiger partial charge in [-0.2, -0.15) is 0 Å². The van der Waals surface area contributed by atoms with Crippen LogP contribution in [0.5, 0.6) is 0 Å². The second kappa shape index (κ2) is 13.5. The summed E-state index contributed by atoms with van der Waals surface area (Å²) in [5.74, 6) is 0.224. The van der Waals surface area contributed by atoms with Crippen molar-refractivity contribution < 1.29 is 24.5 Å². The topological polar surface area (TPSA) is 216 Å². The van der Waals surface area contributed by atoms with Gasteiger partial charge in [-0.05, 0) is 50.8 Å². The minimum absolute atomic E-state index is 0.0480. The number of nitrogens with zero attached hydrogens (tertiary/aromatic N) is 4. The van der Waals surface area contributed by atoms with E-state index in [4.69, 9.17) is 5.73 Å². The predicted octanol–water partition coefficient (Wildman–Crippen LogP) is 4.37. The first-order valence-corrected chi connectivity index (χ1v) is 11.3. The standard InChI is InChI=1S/C15H16N2O5.C8H9N3O4/c18-15(12-4-1-2-5-12)7-3-6-11-8-9-13(16(19)20)10-14(11)17(21)22;9-4-3-6-1-2-7(10(12)13)5-8(6)11(14)15/h1-2,8-10,12H,3-7H2;1-2,5H,3-4,9H2. The number of carbonyl (C=O) groups is 1. The van der Waals surface area contributed by atoms with Crippen LogP contribution in [0.15, 0.2) is 48.6 Å². The van der Waals surface area contributed by atoms with Gasteiger partial charge in [0, 0.05) is 35.6 Å². The molecule has 196 valence electrons. The summed E-state index contributed by atoms with van der Waals surface area (Å²) in [5.41, 5.74) is 5.00. The van der Waals surface area contributed by atoms with E-state index in [1.165, 1.54) is 24.3 Å². The van der Waals surface area contributed by atoms with Crippen LogP contribution in [0.3, 0.4) is 0 Å². The Morgan fingerprint density at radius 1 is 0.757 bits per heavy atom. The van der Waals surface area contributed by atoms with Gasteiger partial charge in [0.1, 0.15) is 5.78 Å². The Labute approximate surface area is 210 Å². The van der Waals surface area contributed by atoms with Crippen molar-refractivity contribution in [3.05, 3.63) is 100 Å². The number of hydrogen-bond acceptors (Lipinski definition) is 10. The SMILES string of the molecule is NCCc1ccc([N+](=O)[O-])cc1[N+](=O)[O-].O=C(CCCc1ccc([N+](=O)[O-])cc1[N+](=O)[O-])C1CC=CC1. The highest BCUT2D eigenvalue weighted by Crippen LogP contribution is 2.27. The van der Waals surface area contributed by atoms with E-state index in [1.807, 2.05) is 12.2 Å². The average Bonchev–Trinajstić information content (AvgIpc) is 3.40. The highest BCUT2D eigenvalue weighted by atomic mass is 16.6. The highest BCUT2D eigenvalue weighted by molar-refractivity contribution is 5.81. The fourth-order valence-electron chi connectivity index (χ4n) is 3.79. The van der Waals surface area contributed by atoms with E-state index >= 15 is 0 Å². The highest BCUT2D eigenvalue weighted by Gasteiger charge is 2.22. The first-order chi connectivity index (χ1) is 17.5. The van der Waals surface area contributed by atoms with E-state index in [-0.39, 0.29) is 41.0 Å². The number of nitro groups is 4. The summed E-state index contributed by atoms with van der Waals surface area (Å²) in [6.45, 7) is 0.263. The van der Waals surface area contributed by atoms with Gasteiger partial charge >= 0.3 is 0 Å². The number of aryl methyl sites for hydroxylation is 1. The third-order valence-electron chi connectivity index (χ3n) is 5.70. The Kier molecular flexibility index (Phi) is 10.4. The molecule has 14 nitrogen and oxygen atoms in total. The van der Waals surface area contributed by atoms with Crippen molar-refractivity contribution in [3.63, 3.8) is 0 Å². The zero-order chi connectivity index (χ0) is 27.5. The monoisotopic (exact) mass is 515 g/mol. The average molecular weight is 515 g/mol. The van der Waals surface area contributed by atoms with Crippen LogP contribution in [-0.2, 0) is 17.6 Å². The molecule has 37 heavy (non-hydrogen) atoms. The molecule has 0 bridgehead atoms. The molecular formula is C23H25N5O9. The minimum atomic E-state index is -0.667. The predicted molar refractivity (Wildman–Crippen MR) is 132 cm³/mol. The van der Waals surface area contributed by atoms with Gasteiger partial charge in [-0.25, -0.2) is 0 Å². The van der Waals surface area contributed by atoms with Crippen LogP contribution in [0.4, 0.5) is 22.7 Å². The molecule has 0 fully saturated rings. The van der Waals surface area contributed by atoms with Crippen molar-refractivity contribution in [2.24, 2.45) is 11.7 Å². The van der Waals surface area contributed by atoms with Gasteiger partial charge in [-0.15, -0.1) is 0 Å². The van der Waals surface area contributed by atoms with E-state index < -0.39 is 19.7 Å². The molecule has 0 radical (unpaired) electrons. The Bertz CT molecular complexity index is 1220. The molecule has 3 rings (SSSR count). The molecule has 0 heterocycles. The maximum absolute atomic E-state index is 11.9. The summed E-state index contributed by atoms with van der Waals surface area (Å²) < 4.78 is 0. The number of nitro benzene ring substituents is 4. The van der Waals surface area contributed by atoms with Crippen molar-refractivity contribution in [2.75, 3.05) is 6.54 Å². The van der Waals surface area contributed by atoms with E-state index in [9.17, 15) is 45.3 Å². The lowest BCUT2D eigenvalue weighted by atomic mass is 9.96. The number of non-ortho nitro benzene ring substituents is 2. The van der Waals surface area contributed by atoms with Crippen molar-refractivity contribution in [3.8, 4) is 0 Å². The first kappa shape index (κ1) is 28.6. The number of nitrogens with two attached hydrogens (primary N) is 1. The number of carbonyl (C=O) groups excluding carboxylic acids is 1. The van der Waals surface area contributed by atoms with Gasteiger partial charge in [-0.1, -0.05) is 12.2 Å². The third kappa shape index (κ3) is 8.24. The first-order valence-electron chi connectivity index (χ1n) is 11.3. The summed E-state index contributed by atoms with van der Waals surface area (Å²) in [5, 5.41) is 42.7. The molecule has 1 aliphatic carbocycles. The van der Waals surface area contributed by atoms with Crippen LogP contribution in [0, 0.1) is 46.4 Å². The van der Waals surface area contributed by atoms with Crippen molar-refractivity contribution in [2.45, 2.75) is 38.5 Å². The minimum Gasteiger partial charge on any atom is -0.330 e. The zero-order valence-corrected chi connectivity index (χ0v) is 19.7. The maximum Gasteiger partial charge on any atom is 0.279 e. The van der Waals surface area contributed by atoms with E-state index in [2.05, 4.69) is 0 Å². The molecule has 2 N–H and O–H groups in total. The number of ketones is 1. The molecule has 0 unspecified atom stereocenters. The Hall–Kier alpha value is -4.59. The number of hydrogen-bond donors (Lipinski definition) is 1. The number of rotatable bonds is 11. The Morgan fingerprint density at radius 2 is 1.22 bits per heavy atom. The van der Waals surface area contributed by atoms with Crippen LogP contribution in [-0.4, -0.2) is 32.0 Å². The molecule has 2 aromatic rings. The molecule has 14 heteroatoms. The summed E-state index contributed by atoms with van der Waals surface area (Å²) in [6, 6.07) is 7.17. The van der Waals surface area contributed by atoms with Crippen LogP contribution >= 0.6 is 0 Å². The lowest BCUT2D eigenvalue weighted by molar-refractivity contribution is -0.394. The molecule has 0 saturated carbocycles. The van der Waals surface area contributed by atoms with Crippen molar-refractivity contribution in [1.82, 2.24) is 0 Å². The summed E-state index contributed by atoms with van der Waals surface area (Å²) in [6.07, 6.45) is 7.10. The second-order valence-electron chi connectivity index (χ2n) is 8.15. The molecule has 0 saturated heterocycles. The molecule has 0 amide bonds. The Morgan fingerprint density at radius 3 is 1.62 bits per heavy atom. The quantitative estimate of drug-likeness (QED) is 0.253. The fraction of sp³-hybridized carbons (Fsp3) is 0.348. The molecule has 0 aromatic heterocycles. The van der Waals surface area contributed by atoms with Gasteiger partial charge in [0.2, 0.25) is 0 Å². The lowest BCUT2D eigenvalue weighted by Crippen LogP contribution is -2.11. The molecule has 0 aliphatic heterocycles. The molecule has 2 aromatic carbocycles. The molecule has 0 spiro atoms.